The lowest BCUT2D eigenvalue weighted by Gasteiger charge is -2.24. The van der Waals surface area contributed by atoms with Gasteiger partial charge in [-0.25, -0.2) is 4.79 Å². The Balaban J connectivity index is 5.27. The van der Waals surface area contributed by atoms with Gasteiger partial charge in [-0.15, -0.1) is 0 Å². The van der Waals surface area contributed by atoms with Gasteiger partial charge in [-0.3, -0.25) is 29.0 Å². The molecule has 0 spiro atoms. The van der Waals surface area contributed by atoms with Gasteiger partial charge in [0.1, 0.15) is 18.1 Å². The normalized spacial score (nSPS) is 13.6. The summed E-state index contributed by atoms with van der Waals surface area (Å²) < 4.78 is 0. The number of thiol groups is 1. The van der Waals surface area contributed by atoms with Crippen molar-refractivity contribution in [1.29, 1.82) is 0 Å². The monoisotopic (exact) mass is 590 g/mol. The van der Waals surface area contributed by atoms with Crippen LogP contribution in [0.25, 0.3) is 0 Å². The Morgan fingerprint density at radius 1 is 0.800 bits per heavy atom. The number of carbonyl (C=O) groups excluding carboxylic acids is 5. The van der Waals surface area contributed by atoms with Crippen LogP contribution < -0.4 is 49.9 Å². The second-order valence-electron chi connectivity index (χ2n) is 8.83. The number of carbonyl (C=O) groups is 6. The standard InChI is InChI=1S/C22H42N10O7S/c23-8-2-1-5-13(30-17(34)10-29-18(35)12(24)4-3-9-28-22(26)27)19(36)31-14(6-7-16(25)33)20(37)32-15(11-40)21(38)39/h12-15,40H,1-11,23-24H2,(H2,25,33)(H,29,35)(H,30,34)(H,31,36)(H,32,37)(H,38,39)(H4,26,27,28)/t12-,13-,14-,15-/m0/s1. The predicted octanol–water partition coefficient (Wildman–Crippen LogP) is -4.65. The summed E-state index contributed by atoms with van der Waals surface area (Å²) in [4.78, 5) is 76.7. The summed E-state index contributed by atoms with van der Waals surface area (Å²) in [5.41, 5.74) is 26.9. The number of carboxylic acids is 1. The molecule has 0 bridgehead atoms. The Morgan fingerprint density at radius 3 is 1.93 bits per heavy atom. The van der Waals surface area contributed by atoms with E-state index in [1.54, 1.807) is 0 Å². The minimum Gasteiger partial charge on any atom is -0.480 e. The van der Waals surface area contributed by atoms with Gasteiger partial charge in [-0.05, 0) is 45.1 Å². The van der Waals surface area contributed by atoms with Crippen LogP contribution >= 0.6 is 12.6 Å². The number of guanidine groups is 1. The first kappa shape index (κ1) is 36.4. The topological polar surface area (TPSA) is 313 Å². The number of aliphatic imine (C=N–C) groups is 1. The largest absolute Gasteiger partial charge is 0.480 e. The van der Waals surface area contributed by atoms with E-state index in [0.29, 0.717) is 25.8 Å². The average Bonchev–Trinajstić information content (AvgIpc) is 2.89. The molecule has 5 amide bonds. The summed E-state index contributed by atoms with van der Waals surface area (Å²) in [7, 11) is 0. The van der Waals surface area contributed by atoms with Crippen LogP contribution in [0.2, 0.25) is 0 Å². The van der Waals surface area contributed by atoms with Crippen molar-refractivity contribution in [2.24, 2.45) is 33.7 Å². The third kappa shape index (κ3) is 16.4. The minimum atomic E-state index is -1.34. The van der Waals surface area contributed by atoms with Gasteiger partial charge >= 0.3 is 5.97 Å². The number of carboxylic acid groups (broad SMARTS) is 1. The zero-order valence-electron chi connectivity index (χ0n) is 22.3. The van der Waals surface area contributed by atoms with Gasteiger partial charge in [0.05, 0.1) is 12.6 Å². The Bertz CT molecular complexity index is 901. The molecule has 0 aromatic heterocycles. The Morgan fingerprint density at radius 2 is 1.40 bits per heavy atom. The first-order chi connectivity index (χ1) is 18.8. The highest BCUT2D eigenvalue weighted by Gasteiger charge is 2.29. The highest BCUT2D eigenvalue weighted by Crippen LogP contribution is 2.05. The van der Waals surface area contributed by atoms with Crippen molar-refractivity contribution < 1.29 is 33.9 Å². The van der Waals surface area contributed by atoms with Gasteiger partial charge < -0.3 is 55.0 Å². The number of nitrogens with zero attached hydrogens (tertiary/aromatic N) is 1. The van der Waals surface area contributed by atoms with E-state index < -0.39 is 66.2 Å². The van der Waals surface area contributed by atoms with Gasteiger partial charge in [0, 0.05) is 18.7 Å². The molecule has 18 heteroatoms. The summed E-state index contributed by atoms with van der Waals surface area (Å²) in [6.45, 7) is 0.145. The summed E-state index contributed by atoms with van der Waals surface area (Å²) in [5.74, 6) is -5.32. The molecule has 15 N–H and O–H groups in total. The van der Waals surface area contributed by atoms with Crippen LogP contribution in [0, 0.1) is 0 Å². The van der Waals surface area contributed by atoms with Gasteiger partial charge in [0.15, 0.2) is 5.96 Å². The van der Waals surface area contributed by atoms with Crippen LogP contribution in [0.1, 0.15) is 44.9 Å². The molecular weight excluding hydrogens is 548 g/mol. The fourth-order valence-electron chi connectivity index (χ4n) is 3.24. The van der Waals surface area contributed by atoms with E-state index in [1.807, 2.05) is 0 Å². The van der Waals surface area contributed by atoms with E-state index >= 15 is 0 Å². The van der Waals surface area contributed by atoms with Crippen LogP contribution in [0.15, 0.2) is 4.99 Å². The highest BCUT2D eigenvalue weighted by atomic mass is 32.1. The molecule has 0 aromatic carbocycles. The van der Waals surface area contributed by atoms with Crippen LogP contribution in [0.4, 0.5) is 0 Å². The lowest BCUT2D eigenvalue weighted by Crippen LogP contribution is -2.57. The molecule has 0 saturated carbocycles. The number of nitrogens with one attached hydrogen (secondary N) is 4. The molecule has 228 valence electrons. The molecular formula is C22H42N10O7S. The molecule has 40 heavy (non-hydrogen) atoms. The van der Waals surface area contributed by atoms with Gasteiger partial charge in [-0.2, -0.15) is 12.6 Å². The van der Waals surface area contributed by atoms with E-state index in [1.165, 1.54) is 0 Å². The second kappa shape index (κ2) is 20.3. The average molecular weight is 591 g/mol. The van der Waals surface area contributed by atoms with Crippen molar-refractivity contribution in [1.82, 2.24) is 21.3 Å². The first-order valence-electron chi connectivity index (χ1n) is 12.6. The number of unbranched alkanes of at least 4 members (excludes halogenated alkanes) is 1. The maximum atomic E-state index is 13.0. The van der Waals surface area contributed by atoms with Gasteiger partial charge in [-0.1, -0.05) is 0 Å². The molecule has 4 atom stereocenters. The quantitative estimate of drug-likeness (QED) is 0.0261. The third-order valence-corrected chi connectivity index (χ3v) is 5.80. The molecule has 0 saturated heterocycles. The van der Waals surface area contributed by atoms with Crippen LogP contribution in [0.3, 0.4) is 0 Å². The van der Waals surface area contributed by atoms with E-state index in [9.17, 15) is 33.9 Å². The van der Waals surface area contributed by atoms with Crippen molar-refractivity contribution in [3.05, 3.63) is 0 Å². The molecule has 17 nitrogen and oxygen atoms in total. The van der Waals surface area contributed by atoms with E-state index in [2.05, 4.69) is 38.9 Å². The summed E-state index contributed by atoms with van der Waals surface area (Å²) in [6, 6.07) is -4.71. The zero-order valence-corrected chi connectivity index (χ0v) is 23.2. The second-order valence-corrected chi connectivity index (χ2v) is 9.19. The van der Waals surface area contributed by atoms with Crippen LogP contribution in [-0.4, -0.2) is 96.1 Å². The van der Waals surface area contributed by atoms with Crippen molar-refractivity contribution >= 4 is 54.1 Å². The molecule has 0 radical (unpaired) electrons. The lowest BCUT2D eigenvalue weighted by atomic mass is 10.1. The van der Waals surface area contributed by atoms with Crippen molar-refractivity contribution in [2.75, 3.05) is 25.4 Å². The molecule has 0 aliphatic rings. The SMILES string of the molecule is NCCCC[C@H](NC(=O)CNC(=O)[C@@H](N)CCCN=C(N)N)C(=O)N[C@@H](CCC(N)=O)C(=O)N[C@@H](CS)C(=O)O. The summed E-state index contributed by atoms with van der Waals surface area (Å²) >= 11 is 3.88. The molecule has 0 heterocycles. The number of hydrogen-bond donors (Lipinski definition) is 11. The third-order valence-electron chi connectivity index (χ3n) is 5.44. The van der Waals surface area contributed by atoms with E-state index in [0.717, 1.165) is 0 Å². The number of nitrogens with two attached hydrogens (primary N) is 5. The van der Waals surface area contributed by atoms with Crippen molar-refractivity contribution in [2.45, 2.75) is 69.1 Å². The van der Waals surface area contributed by atoms with E-state index in [-0.39, 0.29) is 43.9 Å². The van der Waals surface area contributed by atoms with Crippen LogP contribution in [-0.2, 0) is 28.8 Å². The predicted molar refractivity (Wildman–Crippen MR) is 150 cm³/mol. The first-order valence-corrected chi connectivity index (χ1v) is 13.3. The number of primary amides is 1. The molecule has 0 aliphatic carbocycles. The summed E-state index contributed by atoms with van der Waals surface area (Å²) in [6.07, 6.45) is 1.34. The minimum absolute atomic E-state index is 0.0818. The Labute approximate surface area is 237 Å². The molecule has 0 rings (SSSR count). The number of amides is 5. The smallest absolute Gasteiger partial charge is 0.327 e. The highest BCUT2D eigenvalue weighted by molar-refractivity contribution is 7.80. The number of hydrogen-bond acceptors (Lipinski definition) is 10. The Hall–Kier alpha value is -3.64. The van der Waals surface area contributed by atoms with E-state index in [4.69, 9.17) is 28.7 Å². The van der Waals surface area contributed by atoms with Gasteiger partial charge in [0.2, 0.25) is 29.5 Å². The zero-order chi connectivity index (χ0) is 30.7. The maximum absolute atomic E-state index is 13.0. The molecule has 0 aliphatic heterocycles. The van der Waals surface area contributed by atoms with Crippen molar-refractivity contribution in [3.8, 4) is 0 Å². The molecule has 0 fully saturated rings. The number of rotatable bonds is 21. The summed E-state index contributed by atoms with van der Waals surface area (Å²) in [5, 5.41) is 18.7. The van der Waals surface area contributed by atoms with Crippen LogP contribution in [0.5, 0.6) is 0 Å². The molecule has 0 aromatic rings. The molecule has 0 unspecified atom stereocenters. The maximum Gasteiger partial charge on any atom is 0.327 e. The van der Waals surface area contributed by atoms with Crippen molar-refractivity contribution in [3.63, 3.8) is 0 Å². The fraction of sp³-hybridized carbons (Fsp3) is 0.682. The lowest BCUT2D eigenvalue weighted by molar-refractivity contribution is -0.141. The Kier molecular flexibility index (Phi) is 18.4. The van der Waals surface area contributed by atoms with Gasteiger partial charge in [0.25, 0.3) is 0 Å². The fourth-order valence-corrected chi connectivity index (χ4v) is 3.49. The number of aliphatic carboxylic acids is 1.